The molecule has 0 spiro atoms. The first kappa shape index (κ1) is 15.6. The summed E-state index contributed by atoms with van der Waals surface area (Å²) < 4.78 is 10.9. The Morgan fingerprint density at radius 2 is 2.13 bits per heavy atom. The fraction of sp³-hybridized carbons (Fsp3) is 0.412. The van der Waals surface area contributed by atoms with Crippen molar-refractivity contribution >= 4 is 11.7 Å². The van der Waals surface area contributed by atoms with E-state index in [4.69, 9.17) is 9.15 Å². The lowest BCUT2D eigenvalue weighted by atomic mass is 10.2. The molecule has 0 aromatic carbocycles. The Morgan fingerprint density at radius 1 is 1.30 bits per heavy atom. The van der Waals surface area contributed by atoms with Crippen molar-refractivity contribution in [3.8, 4) is 0 Å². The maximum absolute atomic E-state index is 12.2. The first-order valence-electron chi connectivity index (χ1n) is 7.91. The van der Waals surface area contributed by atoms with Gasteiger partial charge in [-0.05, 0) is 18.2 Å². The predicted molar refractivity (Wildman–Crippen MR) is 86.5 cm³/mol. The lowest BCUT2D eigenvalue weighted by molar-refractivity contribution is 0.0921. The number of morpholine rings is 1. The fourth-order valence-electron chi connectivity index (χ4n) is 2.58. The van der Waals surface area contributed by atoms with Gasteiger partial charge in [-0.1, -0.05) is 13.0 Å². The topological polar surface area (TPSA) is 67.6 Å². The van der Waals surface area contributed by atoms with Crippen LogP contribution >= 0.6 is 0 Å². The van der Waals surface area contributed by atoms with E-state index in [9.17, 15) is 4.79 Å². The van der Waals surface area contributed by atoms with Crippen LogP contribution in [0.25, 0.3) is 0 Å². The van der Waals surface area contributed by atoms with Crippen LogP contribution in [0.4, 0.5) is 5.82 Å². The zero-order chi connectivity index (χ0) is 16.1. The quantitative estimate of drug-likeness (QED) is 0.914. The van der Waals surface area contributed by atoms with Crippen LogP contribution in [-0.4, -0.2) is 37.2 Å². The van der Waals surface area contributed by atoms with Crippen LogP contribution in [0, 0.1) is 0 Å². The second-order valence-electron chi connectivity index (χ2n) is 5.39. The number of carbonyl (C=O) groups is 1. The molecular weight excluding hydrogens is 294 g/mol. The minimum absolute atomic E-state index is 0.207. The standard InChI is InChI=1S/C17H21N3O3/c1-2-14-5-6-15(23-14)17(21)19-12-13-4-3-7-18-16(13)20-8-10-22-11-9-20/h3-7H,2,8-12H2,1H3,(H,19,21). The SMILES string of the molecule is CCc1ccc(C(=O)NCc2cccnc2N2CCOCC2)o1. The highest BCUT2D eigenvalue weighted by molar-refractivity contribution is 5.91. The van der Waals surface area contributed by atoms with Crippen LogP contribution in [0.5, 0.6) is 0 Å². The van der Waals surface area contributed by atoms with Gasteiger partial charge in [0, 0.05) is 37.8 Å². The molecular formula is C17H21N3O3. The third kappa shape index (κ3) is 3.71. The number of rotatable bonds is 5. The first-order chi connectivity index (χ1) is 11.3. The highest BCUT2D eigenvalue weighted by Gasteiger charge is 2.17. The van der Waals surface area contributed by atoms with Crippen molar-refractivity contribution in [1.82, 2.24) is 10.3 Å². The zero-order valence-electron chi connectivity index (χ0n) is 13.2. The van der Waals surface area contributed by atoms with E-state index in [1.54, 1.807) is 12.3 Å². The molecule has 23 heavy (non-hydrogen) atoms. The molecule has 1 aliphatic rings. The summed E-state index contributed by atoms with van der Waals surface area (Å²) in [6.45, 7) is 5.45. The highest BCUT2D eigenvalue weighted by atomic mass is 16.5. The zero-order valence-corrected chi connectivity index (χ0v) is 13.2. The van der Waals surface area contributed by atoms with Crippen molar-refractivity contribution in [2.45, 2.75) is 19.9 Å². The molecule has 1 amide bonds. The van der Waals surface area contributed by atoms with Gasteiger partial charge >= 0.3 is 0 Å². The predicted octanol–water partition coefficient (Wildman–Crippen LogP) is 2.00. The Kier molecular flexibility index (Phi) is 4.92. The minimum Gasteiger partial charge on any atom is -0.456 e. The maximum atomic E-state index is 12.2. The van der Waals surface area contributed by atoms with Gasteiger partial charge in [0.05, 0.1) is 13.2 Å². The Balaban J connectivity index is 1.66. The van der Waals surface area contributed by atoms with E-state index in [-0.39, 0.29) is 5.91 Å². The largest absolute Gasteiger partial charge is 0.456 e. The Morgan fingerprint density at radius 3 is 2.87 bits per heavy atom. The van der Waals surface area contributed by atoms with Gasteiger partial charge in [0.25, 0.3) is 5.91 Å². The van der Waals surface area contributed by atoms with E-state index >= 15 is 0 Å². The number of ether oxygens (including phenoxy) is 1. The number of hydrogen-bond acceptors (Lipinski definition) is 5. The van der Waals surface area contributed by atoms with Crippen molar-refractivity contribution < 1.29 is 13.9 Å². The van der Waals surface area contributed by atoms with Gasteiger partial charge in [-0.3, -0.25) is 4.79 Å². The smallest absolute Gasteiger partial charge is 0.287 e. The molecule has 0 saturated carbocycles. The Bertz CT molecular complexity index is 663. The van der Waals surface area contributed by atoms with Gasteiger partial charge in [-0.2, -0.15) is 0 Å². The second-order valence-corrected chi connectivity index (χ2v) is 5.39. The van der Waals surface area contributed by atoms with Crippen molar-refractivity contribution in [2.24, 2.45) is 0 Å². The van der Waals surface area contributed by atoms with Gasteiger partial charge < -0.3 is 19.4 Å². The molecule has 3 rings (SSSR count). The van der Waals surface area contributed by atoms with E-state index < -0.39 is 0 Å². The summed E-state index contributed by atoms with van der Waals surface area (Å²) in [7, 11) is 0. The second kappa shape index (κ2) is 7.28. The molecule has 2 aromatic heterocycles. The number of pyridine rings is 1. The number of nitrogens with one attached hydrogen (secondary N) is 1. The number of amides is 1. The van der Waals surface area contributed by atoms with Crippen LogP contribution in [0.3, 0.4) is 0 Å². The molecule has 1 aliphatic heterocycles. The normalized spacial score (nSPS) is 14.7. The maximum Gasteiger partial charge on any atom is 0.287 e. The number of nitrogens with zero attached hydrogens (tertiary/aromatic N) is 2. The van der Waals surface area contributed by atoms with Crippen LogP contribution in [0.15, 0.2) is 34.9 Å². The van der Waals surface area contributed by atoms with Gasteiger partial charge in [0.2, 0.25) is 0 Å². The minimum atomic E-state index is -0.207. The van der Waals surface area contributed by atoms with Crippen LogP contribution < -0.4 is 10.2 Å². The third-order valence-corrected chi connectivity index (χ3v) is 3.85. The summed E-state index contributed by atoms with van der Waals surface area (Å²) in [5.74, 6) is 1.86. The van der Waals surface area contributed by atoms with Gasteiger partial charge in [0.1, 0.15) is 11.6 Å². The highest BCUT2D eigenvalue weighted by Crippen LogP contribution is 2.18. The molecule has 3 heterocycles. The number of anilines is 1. The number of carbonyl (C=O) groups excluding carboxylic acids is 1. The molecule has 0 atom stereocenters. The van der Waals surface area contributed by atoms with E-state index in [0.717, 1.165) is 36.7 Å². The first-order valence-corrected chi connectivity index (χ1v) is 7.91. The van der Waals surface area contributed by atoms with E-state index in [1.165, 1.54) is 0 Å². The van der Waals surface area contributed by atoms with Crippen molar-refractivity contribution in [3.05, 3.63) is 47.5 Å². The lowest BCUT2D eigenvalue weighted by Crippen LogP contribution is -2.37. The Hall–Kier alpha value is -2.34. The molecule has 0 aliphatic carbocycles. The molecule has 6 heteroatoms. The molecule has 6 nitrogen and oxygen atoms in total. The monoisotopic (exact) mass is 315 g/mol. The number of furan rings is 1. The molecule has 1 fully saturated rings. The summed E-state index contributed by atoms with van der Waals surface area (Å²) >= 11 is 0. The molecule has 1 saturated heterocycles. The molecule has 122 valence electrons. The molecule has 0 bridgehead atoms. The van der Waals surface area contributed by atoms with Crippen molar-refractivity contribution in [1.29, 1.82) is 0 Å². The summed E-state index contributed by atoms with van der Waals surface area (Å²) in [5.41, 5.74) is 0.991. The van der Waals surface area contributed by atoms with Gasteiger partial charge in [0.15, 0.2) is 5.76 Å². The van der Waals surface area contributed by atoms with Gasteiger partial charge in [-0.15, -0.1) is 0 Å². The Labute approximate surface area is 135 Å². The number of aryl methyl sites for hydroxylation is 1. The molecule has 2 aromatic rings. The number of hydrogen-bond donors (Lipinski definition) is 1. The summed E-state index contributed by atoms with van der Waals surface area (Å²) in [6.07, 6.45) is 2.55. The summed E-state index contributed by atoms with van der Waals surface area (Å²) in [6, 6.07) is 7.41. The van der Waals surface area contributed by atoms with E-state index in [1.807, 2.05) is 25.1 Å². The summed E-state index contributed by atoms with van der Waals surface area (Å²) in [4.78, 5) is 18.8. The van der Waals surface area contributed by atoms with Crippen molar-refractivity contribution in [3.63, 3.8) is 0 Å². The molecule has 0 radical (unpaired) electrons. The van der Waals surface area contributed by atoms with Gasteiger partial charge in [-0.25, -0.2) is 4.98 Å². The van der Waals surface area contributed by atoms with Crippen LogP contribution in [-0.2, 0) is 17.7 Å². The van der Waals surface area contributed by atoms with Crippen LogP contribution in [0.1, 0.15) is 28.8 Å². The molecule has 1 N–H and O–H groups in total. The number of aromatic nitrogens is 1. The lowest BCUT2D eigenvalue weighted by Gasteiger charge is -2.29. The van der Waals surface area contributed by atoms with E-state index in [0.29, 0.717) is 25.5 Å². The fourth-order valence-corrected chi connectivity index (χ4v) is 2.58. The average Bonchev–Trinajstić information content (AvgIpc) is 3.10. The third-order valence-electron chi connectivity index (χ3n) is 3.85. The summed E-state index contributed by atoms with van der Waals surface area (Å²) in [5, 5.41) is 2.90. The average molecular weight is 315 g/mol. The van der Waals surface area contributed by atoms with E-state index in [2.05, 4.69) is 15.2 Å². The van der Waals surface area contributed by atoms with Crippen molar-refractivity contribution in [2.75, 3.05) is 31.2 Å². The molecule has 0 unspecified atom stereocenters. The van der Waals surface area contributed by atoms with Crippen LogP contribution in [0.2, 0.25) is 0 Å².